The van der Waals surface area contributed by atoms with Crippen molar-refractivity contribution in [3.63, 3.8) is 0 Å². The first-order valence-corrected chi connectivity index (χ1v) is 8.51. The molecule has 0 aromatic rings. The molecule has 0 atom stereocenters. The molecule has 0 bridgehead atoms. The third-order valence-corrected chi connectivity index (χ3v) is 4.18. The quantitative estimate of drug-likeness (QED) is 0.399. The van der Waals surface area contributed by atoms with Crippen molar-refractivity contribution in [1.82, 2.24) is 0 Å². The van der Waals surface area contributed by atoms with Gasteiger partial charge in [-0.3, -0.25) is 4.79 Å². The summed E-state index contributed by atoms with van der Waals surface area (Å²) in [5.41, 5.74) is 0. The second kappa shape index (κ2) is 11.3. The molecule has 1 fully saturated rings. The van der Waals surface area contributed by atoms with Gasteiger partial charge in [0.05, 0.1) is 12.5 Å². The van der Waals surface area contributed by atoms with E-state index in [1.165, 1.54) is 64.2 Å². The average molecular weight is 268 g/mol. The number of carbonyl (C=O) groups is 1. The Morgan fingerprint density at radius 3 is 2.11 bits per heavy atom. The zero-order valence-corrected chi connectivity index (χ0v) is 12.8. The summed E-state index contributed by atoms with van der Waals surface area (Å²) in [5, 5.41) is 0. The summed E-state index contributed by atoms with van der Waals surface area (Å²) >= 11 is 0. The normalized spacial score (nSPS) is 16.5. The van der Waals surface area contributed by atoms with Gasteiger partial charge < -0.3 is 4.74 Å². The molecule has 0 N–H and O–H groups in total. The van der Waals surface area contributed by atoms with Gasteiger partial charge in [-0.25, -0.2) is 0 Å². The molecular weight excluding hydrogens is 236 g/mol. The van der Waals surface area contributed by atoms with Gasteiger partial charge >= 0.3 is 5.97 Å². The lowest BCUT2D eigenvalue weighted by Crippen LogP contribution is -2.20. The van der Waals surface area contributed by atoms with Crippen LogP contribution in [0.2, 0.25) is 0 Å². The molecule has 0 aliphatic heterocycles. The zero-order chi connectivity index (χ0) is 13.8. The number of esters is 1. The minimum absolute atomic E-state index is 0.0719. The standard InChI is InChI=1S/C17H32O2/c1-2-3-4-5-6-7-8-12-15-19-17(18)16-13-10-9-11-14-16/h16H,2-15H2,1H3. The second-order valence-corrected chi connectivity index (χ2v) is 5.98. The molecule has 2 nitrogen and oxygen atoms in total. The van der Waals surface area contributed by atoms with Gasteiger partial charge in [0.1, 0.15) is 0 Å². The van der Waals surface area contributed by atoms with Gasteiger partial charge in [-0.2, -0.15) is 0 Å². The number of carbonyl (C=O) groups excluding carboxylic acids is 1. The van der Waals surface area contributed by atoms with E-state index in [0.717, 1.165) is 19.3 Å². The van der Waals surface area contributed by atoms with Crippen LogP contribution >= 0.6 is 0 Å². The highest BCUT2D eigenvalue weighted by Crippen LogP contribution is 2.24. The van der Waals surface area contributed by atoms with Crippen LogP contribution in [0.3, 0.4) is 0 Å². The Balaban J connectivity index is 1.86. The maximum Gasteiger partial charge on any atom is 0.308 e. The molecule has 1 aliphatic rings. The van der Waals surface area contributed by atoms with Crippen LogP contribution in [-0.2, 0) is 9.53 Å². The monoisotopic (exact) mass is 268 g/mol. The SMILES string of the molecule is CCCCCCCCCCOC(=O)C1CCCCC1. The van der Waals surface area contributed by atoms with E-state index in [0.29, 0.717) is 6.61 Å². The number of unbranched alkanes of at least 4 members (excludes halogenated alkanes) is 7. The Morgan fingerprint density at radius 2 is 1.47 bits per heavy atom. The highest BCUT2D eigenvalue weighted by molar-refractivity contribution is 5.72. The molecule has 1 rings (SSSR count). The first kappa shape index (κ1) is 16.5. The molecule has 0 spiro atoms. The van der Waals surface area contributed by atoms with Crippen LogP contribution in [0.5, 0.6) is 0 Å². The molecule has 1 aliphatic carbocycles. The number of hydrogen-bond donors (Lipinski definition) is 0. The van der Waals surface area contributed by atoms with Crippen molar-refractivity contribution >= 4 is 5.97 Å². The van der Waals surface area contributed by atoms with Crippen LogP contribution in [0.4, 0.5) is 0 Å². The van der Waals surface area contributed by atoms with Gasteiger partial charge in [0.25, 0.3) is 0 Å². The van der Waals surface area contributed by atoms with Crippen molar-refractivity contribution in [2.45, 2.75) is 90.4 Å². The molecule has 1 saturated carbocycles. The minimum Gasteiger partial charge on any atom is -0.465 e. The maximum absolute atomic E-state index is 11.8. The fourth-order valence-electron chi connectivity index (χ4n) is 2.86. The Hall–Kier alpha value is -0.530. The van der Waals surface area contributed by atoms with Crippen molar-refractivity contribution in [2.24, 2.45) is 5.92 Å². The number of hydrogen-bond acceptors (Lipinski definition) is 2. The molecule has 0 aromatic heterocycles. The molecule has 0 saturated heterocycles. The molecule has 19 heavy (non-hydrogen) atoms. The second-order valence-electron chi connectivity index (χ2n) is 5.98. The lowest BCUT2D eigenvalue weighted by atomic mass is 9.89. The summed E-state index contributed by atoms with van der Waals surface area (Å²) in [6, 6.07) is 0. The van der Waals surface area contributed by atoms with E-state index >= 15 is 0 Å². The van der Waals surface area contributed by atoms with Crippen molar-refractivity contribution in [2.75, 3.05) is 6.61 Å². The van der Waals surface area contributed by atoms with E-state index in [1.54, 1.807) is 0 Å². The first-order valence-electron chi connectivity index (χ1n) is 8.51. The summed E-state index contributed by atoms with van der Waals surface area (Å²) in [4.78, 5) is 11.8. The van der Waals surface area contributed by atoms with Gasteiger partial charge in [0.2, 0.25) is 0 Å². The molecule has 0 radical (unpaired) electrons. The van der Waals surface area contributed by atoms with Crippen LogP contribution in [0.15, 0.2) is 0 Å². The fourth-order valence-corrected chi connectivity index (χ4v) is 2.86. The van der Waals surface area contributed by atoms with E-state index in [-0.39, 0.29) is 11.9 Å². The average Bonchev–Trinajstić information content (AvgIpc) is 2.46. The molecular formula is C17H32O2. The van der Waals surface area contributed by atoms with Gasteiger partial charge in [-0.1, -0.05) is 71.1 Å². The lowest BCUT2D eigenvalue weighted by Gasteiger charge is -2.19. The third kappa shape index (κ3) is 8.28. The number of rotatable bonds is 10. The number of ether oxygens (including phenoxy) is 1. The lowest BCUT2D eigenvalue weighted by molar-refractivity contribution is -0.149. The minimum atomic E-state index is 0.0719. The van der Waals surface area contributed by atoms with Crippen molar-refractivity contribution in [3.8, 4) is 0 Å². The highest BCUT2D eigenvalue weighted by atomic mass is 16.5. The predicted molar refractivity (Wildman–Crippen MR) is 80.1 cm³/mol. The predicted octanol–water partition coefficient (Wildman–Crippen LogP) is 5.25. The molecule has 0 amide bonds. The van der Waals surface area contributed by atoms with E-state index in [9.17, 15) is 4.79 Å². The Morgan fingerprint density at radius 1 is 0.895 bits per heavy atom. The van der Waals surface area contributed by atoms with Crippen LogP contribution in [0.25, 0.3) is 0 Å². The van der Waals surface area contributed by atoms with E-state index in [2.05, 4.69) is 6.92 Å². The Bertz CT molecular complexity index is 219. The van der Waals surface area contributed by atoms with Gasteiger partial charge in [-0.15, -0.1) is 0 Å². The summed E-state index contributed by atoms with van der Waals surface area (Å²) in [7, 11) is 0. The molecule has 0 aromatic carbocycles. The highest BCUT2D eigenvalue weighted by Gasteiger charge is 2.21. The zero-order valence-electron chi connectivity index (χ0n) is 12.8. The van der Waals surface area contributed by atoms with Gasteiger partial charge in [-0.05, 0) is 19.3 Å². The van der Waals surface area contributed by atoms with Crippen molar-refractivity contribution in [3.05, 3.63) is 0 Å². The summed E-state index contributed by atoms with van der Waals surface area (Å²) in [6.45, 7) is 2.89. The van der Waals surface area contributed by atoms with Crippen LogP contribution in [-0.4, -0.2) is 12.6 Å². The third-order valence-electron chi connectivity index (χ3n) is 4.18. The Kier molecular flexibility index (Phi) is 9.84. The van der Waals surface area contributed by atoms with Crippen LogP contribution in [0.1, 0.15) is 90.4 Å². The van der Waals surface area contributed by atoms with Crippen LogP contribution < -0.4 is 0 Å². The summed E-state index contributed by atoms with van der Waals surface area (Å²) in [6.07, 6.45) is 16.2. The van der Waals surface area contributed by atoms with Crippen molar-refractivity contribution < 1.29 is 9.53 Å². The first-order chi connectivity index (χ1) is 9.34. The van der Waals surface area contributed by atoms with Gasteiger partial charge in [0.15, 0.2) is 0 Å². The fraction of sp³-hybridized carbons (Fsp3) is 0.941. The summed E-state index contributed by atoms with van der Waals surface area (Å²) < 4.78 is 5.39. The van der Waals surface area contributed by atoms with E-state index in [4.69, 9.17) is 4.74 Å². The van der Waals surface area contributed by atoms with E-state index < -0.39 is 0 Å². The van der Waals surface area contributed by atoms with E-state index in [1.807, 2.05) is 0 Å². The maximum atomic E-state index is 11.8. The molecule has 0 unspecified atom stereocenters. The molecule has 2 heteroatoms. The topological polar surface area (TPSA) is 26.3 Å². The molecule has 112 valence electrons. The van der Waals surface area contributed by atoms with Crippen molar-refractivity contribution in [1.29, 1.82) is 0 Å². The summed E-state index contributed by atoms with van der Waals surface area (Å²) in [5.74, 6) is 0.283. The molecule has 0 heterocycles. The largest absolute Gasteiger partial charge is 0.465 e. The van der Waals surface area contributed by atoms with Gasteiger partial charge in [0, 0.05) is 0 Å². The smallest absolute Gasteiger partial charge is 0.308 e. The Labute approximate surface area is 119 Å². The van der Waals surface area contributed by atoms with Crippen LogP contribution in [0, 0.1) is 5.92 Å².